The minimum Gasteiger partial charge on any atom is -0.396 e. The summed E-state index contributed by atoms with van der Waals surface area (Å²) >= 11 is 0. The molecular formula is C32H40N4O6. The molecule has 0 radical (unpaired) electrons. The van der Waals surface area contributed by atoms with Crippen molar-refractivity contribution in [2.24, 2.45) is 22.7 Å². The third kappa shape index (κ3) is 5.78. The van der Waals surface area contributed by atoms with Crippen molar-refractivity contribution in [1.82, 2.24) is 20.4 Å². The number of rotatable bonds is 6. The molecule has 4 N–H and O–H groups in total. The summed E-state index contributed by atoms with van der Waals surface area (Å²) in [6.45, 7) is 3.11. The SMILES string of the molecule is O=C1NCC[C@@]12C[C@@H](CO)CN(Cc1ccccc1)C2=O.O=C1NCC[C@@]12C[C@@H](CO)CN(Cc1ccccc1)C2=O. The van der Waals surface area contributed by atoms with Gasteiger partial charge in [0.05, 0.1) is 0 Å². The van der Waals surface area contributed by atoms with Gasteiger partial charge >= 0.3 is 0 Å². The average Bonchev–Trinajstić information content (AvgIpc) is 3.56. The van der Waals surface area contributed by atoms with Crippen molar-refractivity contribution in [2.75, 3.05) is 39.4 Å². The van der Waals surface area contributed by atoms with Crippen molar-refractivity contribution in [3.63, 3.8) is 0 Å². The lowest BCUT2D eigenvalue weighted by Gasteiger charge is -2.41. The molecule has 2 spiro atoms. The number of likely N-dealkylation sites (tertiary alicyclic amines) is 2. The Morgan fingerprint density at radius 3 is 1.33 bits per heavy atom. The van der Waals surface area contributed by atoms with E-state index in [0.29, 0.717) is 65.0 Å². The maximum Gasteiger partial charge on any atom is 0.238 e. The molecule has 4 atom stereocenters. The van der Waals surface area contributed by atoms with E-state index in [2.05, 4.69) is 10.6 Å². The Bertz CT molecular complexity index is 1190. The Hall–Kier alpha value is -3.76. The number of hydrogen-bond donors (Lipinski definition) is 4. The first-order valence-electron chi connectivity index (χ1n) is 14.8. The number of piperidine rings is 2. The number of aliphatic hydroxyl groups is 2. The first-order chi connectivity index (χ1) is 20.3. The molecule has 0 aromatic heterocycles. The molecule has 224 valence electrons. The molecule has 0 aliphatic carbocycles. The predicted molar refractivity (Wildman–Crippen MR) is 154 cm³/mol. The van der Waals surface area contributed by atoms with E-state index in [0.717, 1.165) is 11.1 Å². The molecule has 4 aliphatic rings. The first kappa shape index (κ1) is 29.7. The van der Waals surface area contributed by atoms with Gasteiger partial charge in [-0.25, -0.2) is 0 Å². The lowest BCUT2D eigenvalue weighted by molar-refractivity contribution is -0.157. The Morgan fingerprint density at radius 1 is 0.643 bits per heavy atom. The number of carbonyl (C=O) groups excluding carboxylic acids is 4. The summed E-state index contributed by atoms with van der Waals surface area (Å²) in [7, 11) is 0. The largest absolute Gasteiger partial charge is 0.396 e. The number of benzene rings is 2. The van der Waals surface area contributed by atoms with Gasteiger partial charge in [-0.3, -0.25) is 19.2 Å². The van der Waals surface area contributed by atoms with Crippen LogP contribution in [0.2, 0.25) is 0 Å². The summed E-state index contributed by atoms with van der Waals surface area (Å²) in [5, 5.41) is 24.6. The summed E-state index contributed by atoms with van der Waals surface area (Å²) in [4.78, 5) is 53.4. The molecule has 2 aromatic rings. The second-order valence-electron chi connectivity index (χ2n) is 12.0. The van der Waals surface area contributed by atoms with Crippen molar-refractivity contribution in [3.05, 3.63) is 71.8 Å². The van der Waals surface area contributed by atoms with E-state index in [1.54, 1.807) is 9.80 Å². The van der Waals surface area contributed by atoms with Gasteiger partial charge in [0, 0.05) is 64.3 Å². The van der Waals surface area contributed by atoms with Crippen LogP contribution < -0.4 is 10.6 Å². The van der Waals surface area contributed by atoms with E-state index in [9.17, 15) is 29.4 Å². The van der Waals surface area contributed by atoms with Gasteiger partial charge in [-0.2, -0.15) is 0 Å². The molecule has 0 bridgehead atoms. The van der Waals surface area contributed by atoms with Crippen LogP contribution in [0.15, 0.2) is 60.7 Å². The minimum atomic E-state index is -0.958. The zero-order valence-corrected chi connectivity index (χ0v) is 23.8. The highest BCUT2D eigenvalue weighted by Gasteiger charge is 2.55. The quantitative estimate of drug-likeness (QED) is 0.380. The van der Waals surface area contributed by atoms with Crippen molar-refractivity contribution in [1.29, 1.82) is 0 Å². The second kappa shape index (κ2) is 12.6. The number of aliphatic hydroxyl groups excluding tert-OH is 2. The Morgan fingerprint density at radius 2 is 1.02 bits per heavy atom. The van der Waals surface area contributed by atoms with Crippen LogP contribution in [-0.4, -0.2) is 83.0 Å². The summed E-state index contributed by atoms with van der Waals surface area (Å²) in [6.07, 6.45) is 1.98. The first-order valence-corrected chi connectivity index (χ1v) is 14.8. The van der Waals surface area contributed by atoms with Crippen LogP contribution >= 0.6 is 0 Å². The Labute approximate surface area is 246 Å². The van der Waals surface area contributed by atoms with E-state index in [1.165, 1.54) is 0 Å². The van der Waals surface area contributed by atoms with Crippen LogP contribution in [-0.2, 0) is 32.3 Å². The van der Waals surface area contributed by atoms with Gasteiger partial charge in [-0.1, -0.05) is 60.7 Å². The minimum absolute atomic E-state index is 0.00754. The third-order valence-corrected chi connectivity index (χ3v) is 9.12. The number of nitrogens with zero attached hydrogens (tertiary/aromatic N) is 2. The molecule has 4 heterocycles. The standard InChI is InChI=1S/2C16H20N2O3/c2*19-11-13-8-16(6-7-17-14(16)20)15(21)18(10-13)9-12-4-2-1-3-5-12/h2*1-5,13,19H,6-11H2,(H,17,20)/t2*13-,16-/m11/s1. The lowest BCUT2D eigenvalue weighted by atomic mass is 9.73. The predicted octanol–water partition coefficient (Wildman–Crippen LogP) is 1.07. The van der Waals surface area contributed by atoms with Crippen LogP contribution in [0.4, 0.5) is 0 Å². The smallest absolute Gasteiger partial charge is 0.238 e. The van der Waals surface area contributed by atoms with Crippen LogP contribution in [0.1, 0.15) is 36.8 Å². The van der Waals surface area contributed by atoms with Gasteiger partial charge in [0.1, 0.15) is 10.8 Å². The summed E-state index contributed by atoms with van der Waals surface area (Å²) in [6, 6.07) is 19.5. The highest BCUT2D eigenvalue weighted by atomic mass is 16.3. The molecule has 10 nitrogen and oxygen atoms in total. The number of carbonyl (C=O) groups is 4. The third-order valence-electron chi connectivity index (χ3n) is 9.12. The summed E-state index contributed by atoms with van der Waals surface area (Å²) in [5.41, 5.74) is 0.164. The maximum absolute atomic E-state index is 12.8. The van der Waals surface area contributed by atoms with Gasteiger partial charge in [0.15, 0.2) is 0 Å². The molecule has 6 rings (SSSR count). The monoisotopic (exact) mass is 576 g/mol. The molecule has 4 amide bonds. The van der Waals surface area contributed by atoms with Crippen LogP contribution in [0.25, 0.3) is 0 Å². The molecule has 0 unspecified atom stereocenters. The number of hydrogen-bond acceptors (Lipinski definition) is 6. The van der Waals surface area contributed by atoms with Crippen LogP contribution in [0.3, 0.4) is 0 Å². The molecule has 4 saturated heterocycles. The fourth-order valence-corrected chi connectivity index (χ4v) is 6.95. The molecule has 0 saturated carbocycles. The number of amides is 4. The Kier molecular flexibility index (Phi) is 8.93. The molecule has 42 heavy (non-hydrogen) atoms. The molecule has 10 heteroatoms. The van der Waals surface area contributed by atoms with E-state index in [-0.39, 0.29) is 48.7 Å². The van der Waals surface area contributed by atoms with Crippen LogP contribution in [0, 0.1) is 22.7 Å². The maximum atomic E-state index is 12.8. The van der Waals surface area contributed by atoms with Crippen molar-refractivity contribution in [2.45, 2.75) is 38.8 Å². The highest BCUT2D eigenvalue weighted by Crippen LogP contribution is 2.41. The lowest BCUT2D eigenvalue weighted by Crippen LogP contribution is -2.55. The van der Waals surface area contributed by atoms with E-state index >= 15 is 0 Å². The molecule has 4 aliphatic heterocycles. The van der Waals surface area contributed by atoms with Gasteiger partial charge in [-0.15, -0.1) is 0 Å². The van der Waals surface area contributed by atoms with Crippen molar-refractivity contribution < 1.29 is 29.4 Å². The van der Waals surface area contributed by atoms with Gasteiger partial charge in [-0.05, 0) is 36.8 Å². The zero-order valence-electron chi connectivity index (χ0n) is 23.8. The van der Waals surface area contributed by atoms with Gasteiger partial charge in [0.25, 0.3) is 0 Å². The normalized spacial score (nSPS) is 29.0. The summed E-state index contributed by atoms with van der Waals surface area (Å²) < 4.78 is 0. The van der Waals surface area contributed by atoms with Crippen LogP contribution in [0.5, 0.6) is 0 Å². The fraction of sp³-hybridized carbons (Fsp3) is 0.500. The average molecular weight is 577 g/mol. The van der Waals surface area contributed by atoms with E-state index in [4.69, 9.17) is 0 Å². The Balaban J connectivity index is 0.000000168. The van der Waals surface area contributed by atoms with E-state index in [1.807, 2.05) is 60.7 Å². The number of nitrogens with one attached hydrogen (secondary N) is 2. The molecular weight excluding hydrogens is 536 g/mol. The van der Waals surface area contributed by atoms with Crippen molar-refractivity contribution >= 4 is 23.6 Å². The molecule has 2 aromatic carbocycles. The second-order valence-corrected chi connectivity index (χ2v) is 12.0. The van der Waals surface area contributed by atoms with E-state index < -0.39 is 10.8 Å². The highest BCUT2D eigenvalue weighted by molar-refractivity contribution is 6.07. The fourth-order valence-electron chi connectivity index (χ4n) is 6.95. The van der Waals surface area contributed by atoms with Gasteiger partial charge < -0.3 is 30.6 Å². The topological polar surface area (TPSA) is 139 Å². The zero-order chi connectivity index (χ0) is 29.7. The summed E-state index contributed by atoms with van der Waals surface area (Å²) in [5.74, 6) is -0.602. The van der Waals surface area contributed by atoms with Gasteiger partial charge in [0.2, 0.25) is 23.6 Å². The van der Waals surface area contributed by atoms with Crippen molar-refractivity contribution in [3.8, 4) is 0 Å². The molecule has 4 fully saturated rings.